The zero-order chi connectivity index (χ0) is 22.2. The molecule has 32 heavy (non-hydrogen) atoms. The van der Waals surface area contributed by atoms with Crippen LogP contribution in [0.15, 0.2) is 96.0 Å². The molecule has 0 spiro atoms. The number of hydrogen-bond acceptors (Lipinski definition) is 4. The highest BCUT2D eigenvalue weighted by atomic mass is 32.2. The molecular weight excluding hydrogens is 418 g/mol. The lowest BCUT2D eigenvalue weighted by Crippen LogP contribution is -2.34. The molecule has 0 bridgehead atoms. The van der Waals surface area contributed by atoms with Crippen molar-refractivity contribution >= 4 is 40.1 Å². The van der Waals surface area contributed by atoms with Crippen LogP contribution in [0.5, 0.6) is 0 Å². The predicted molar refractivity (Wildman–Crippen MR) is 131 cm³/mol. The summed E-state index contributed by atoms with van der Waals surface area (Å²) in [5, 5.41) is 3.06. The minimum Gasteiger partial charge on any atom is -0.326 e. The summed E-state index contributed by atoms with van der Waals surface area (Å²) in [5.41, 5.74) is 2.77. The topological polar surface area (TPSA) is 61.8 Å². The molecule has 4 rings (SSSR count). The Morgan fingerprint density at radius 2 is 1.53 bits per heavy atom. The zero-order valence-corrected chi connectivity index (χ0v) is 18.5. The van der Waals surface area contributed by atoms with Crippen molar-refractivity contribution in [3.05, 3.63) is 96.6 Å². The molecule has 1 aliphatic heterocycles. The van der Waals surface area contributed by atoms with Crippen molar-refractivity contribution in [1.29, 1.82) is 0 Å². The first-order valence-corrected chi connectivity index (χ1v) is 11.6. The number of amides is 2. The van der Waals surface area contributed by atoms with Crippen molar-refractivity contribution in [2.45, 2.75) is 24.5 Å². The first-order chi connectivity index (χ1) is 15.7. The Labute approximate surface area is 192 Å². The average Bonchev–Trinajstić information content (AvgIpc) is 3.10. The van der Waals surface area contributed by atoms with Gasteiger partial charge in [0.15, 0.2) is 5.17 Å². The molecule has 6 heteroatoms. The molecule has 1 fully saturated rings. The van der Waals surface area contributed by atoms with Crippen LogP contribution in [0.3, 0.4) is 0 Å². The molecule has 3 aromatic carbocycles. The molecule has 1 aliphatic rings. The van der Waals surface area contributed by atoms with Crippen LogP contribution in [-0.4, -0.2) is 33.7 Å². The number of para-hydroxylation sites is 2. The third-order valence-corrected chi connectivity index (χ3v) is 6.29. The number of benzene rings is 3. The molecular formula is C26H25N3O2S. The van der Waals surface area contributed by atoms with Gasteiger partial charge in [-0.25, -0.2) is 4.99 Å². The van der Waals surface area contributed by atoms with Crippen LogP contribution in [0.1, 0.15) is 18.4 Å². The monoisotopic (exact) mass is 443 g/mol. The van der Waals surface area contributed by atoms with Crippen molar-refractivity contribution in [2.75, 3.05) is 11.9 Å². The SMILES string of the molecule is O=C(C[C@H]1SC(=Nc2ccccc2)N(CCCc2ccccc2)C1=O)Nc1ccccc1. The van der Waals surface area contributed by atoms with Gasteiger partial charge < -0.3 is 5.32 Å². The molecule has 1 saturated heterocycles. The second kappa shape index (κ2) is 10.8. The van der Waals surface area contributed by atoms with Crippen molar-refractivity contribution in [3.8, 4) is 0 Å². The van der Waals surface area contributed by atoms with Gasteiger partial charge >= 0.3 is 0 Å². The van der Waals surface area contributed by atoms with Gasteiger partial charge in [0.05, 0.1) is 5.69 Å². The molecule has 1 N–H and O–H groups in total. The third-order valence-electron chi connectivity index (χ3n) is 5.12. The zero-order valence-electron chi connectivity index (χ0n) is 17.7. The highest BCUT2D eigenvalue weighted by Crippen LogP contribution is 2.32. The molecule has 5 nitrogen and oxygen atoms in total. The summed E-state index contributed by atoms with van der Waals surface area (Å²) in [5.74, 6) is -0.229. The van der Waals surface area contributed by atoms with Crippen molar-refractivity contribution in [1.82, 2.24) is 4.90 Å². The molecule has 0 unspecified atom stereocenters. The van der Waals surface area contributed by atoms with E-state index in [-0.39, 0.29) is 18.2 Å². The van der Waals surface area contributed by atoms with Gasteiger partial charge in [-0.1, -0.05) is 78.5 Å². The van der Waals surface area contributed by atoms with Crippen LogP contribution < -0.4 is 5.32 Å². The van der Waals surface area contributed by atoms with E-state index in [1.165, 1.54) is 17.3 Å². The van der Waals surface area contributed by atoms with E-state index < -0.39 is 5.25 Å². The Morgan fingerprint density at radius 3 is 2.22 bits per heavy atom. The first-order valence-electron chi connectivity index (χ1n) is 10.7. The van der Waals surface area contributed by atoms with E-state index in [0.29, 0.717) is 11.7 Å². The third kappa shape index (κ3) is 5.86. The maximum absolute atomic E-state index is 13.2. The van der Waals surface area contributed by atoms with Crippen LogP contribution >= 0.6 is 11.8 Å². The van der Waals surface area contributed by atoms with Gasteiger partial charge in [0.25, 0.3) is 0 Å². The number of rotatable bonds is 8. The maximum atomic E-state index is 13.2. The van der Waals surface area contributed by atoms with E-state index in [1.54, 1.807) is 4.90 Å². The van der Waals surface area contributed by atoms with Crippen molar-refractivity contribution < 1.29 is 9.59 Å². The lowest BCUT2D eigenvalue weighted by Gasteiger charge is -2.16. The predicted octanol–water partition coefficient (Wildman–Crippen LogP) is 5.28. The van der Waals surface area contributed by atoms with Crippen molar-refractivity contribution in [2.24, 2.45) is 4.99 Å². The standard InChI is InChI=1S/C26H25N3O2S/c30-24(27-21-14-6-2-7-15-21)19-23-25(31)29(18-10-13-20-11-4-1-5-12-20)26(32-23)28-22-16-8-3-9-17-22/h1-9,11-12,14-17,23H,10,13,18-19H2,(H,27,30)/t23-/m1/s1. The minimum absolute atomic E-state index is 0.0547. The van der Waals surface area contributed by atoms with E-state index >= 15 is 0 Å². The molecule has 0 aliphatic carbocycles. The number of aliphatic imine (C=N–C) groups is 1. The van der Waals surface area contributed by atoms with Crippen LogP contribution in [0.4, 0.5) is 11.4 Å². The van der Waals surface area contributed by atoms with E-state index in [2.05, 4.69) is 17.4 Å². The number of thioether (sulfide) groups is 1. The fourth-order valence-electron chi connectivity index (χ4n) is 3.53. The maximum Gasteiger partial charge on any atom is 0.242 e. The second-order valence-electron chi connectivity index (χ2n) is 7.53. The summed E-state index contributed by atoms with van der Waals surface area (Å²) in [7, 11) is 0. The van der Waals surface area contributed by atoms with Gasteiger partial charge in [0.2, 0.25) is 11.8 Å². The van der Waals surface area contributed by atoms with Gasteiger partial charge in [-0.05, 0) is 42.7 Å². The summed E-state index contributed by atoms with van der Waals surface area (Å²) in [6.45, 7) is 0.573. The summed E-state index contributed by atoms with van der Waals surface area (Å²) in [6, 6.07) is 29.1. The number of nitrogens with zero attached hydrogens (tertiary/aromatic N) is 2. The number of amidine groups is 1. The summed E-state index contributed by atoms with van der Waals surface area (Å²) < 4.78 is 0. The molecule has 1 heterocycles. The number of nitrogens with one attached hydrogen (secondary N) is 1. The number of anilines is 1. The number of hydrogen-bond donors (Lipinski definition) is 1. The molecule has 0 aromatic heterocycles. The Bertz CT molecular complexity index is 1070. The Balaban J connectivity index is 1.45. The van der Waals surface area contributed by atoms with Crippen LogP contribution in [-0.2, 0) is 16.0 Å². The molecule has 1 atom stereocenters. The summed E-state index contributed by atoms with van der Waals surface area (Å²) in [4.78, 5) is 32.2. The minimum atomic E-state index is -0.474. The van der Waals surface area contributed by atoms with E-state index in [0.717, 1.165) is 24.2 Å². The lowest BCUT2D eigenvalue weighted by molar-refractivity contribution is -0.128. The second-order valence-corrected chi connectivity index (χ2v) is 8.70. The first kappa shape index (κ1) is 21.8. The summed E-state index contributed by atoms with van der Waals surface area (Å²) in [6.07, 6.45) is 1.82. The van der Waals surface area contributed by atoms with Crippen molar-refractivity contribution in [3.63, 3.8) is 0 Å². The van der Waals surface area contributed by atoms with Crippen LogP contribution in [0.25, 0.3) is 0 Å². The average molecular weight is 444 g/mol. The molecule has 2 amide bonds. The van der Waals surface area contributed by atoms with Gasteiger partial charge in [0, 0.05) is 18.7 Å². The highest BCUT2D eigenvalue weighted by molar-refractivity contribution is 8.15. The molecule has 0 radical (unpaired) electrons. The van der Waals surface area contributed by atoms with E-state index in [4.69, 9.17) is 4.99 Å². The largest absolute Gasteiger partial charge is 0.326 e. The number of carbonyl (C=O) groups excluding carboxylic acids is 2. The van der Waals surface area contributed by atoms with Gasteiger partial charge in [0.1, 0.15) is 5.25 Å². The van der Waals surface area contributed by atoms with Gasteiger partial charge in [-0.3, -0.25) is 14.5 Å². The quantitative estimate of drug-likeness (QED) is 0.515. The fourth-order valence-corrected chi connectivity index (χ4v) is 4.72. The normalized spacial score (nSPS) is 17.0. The molecule has 162 valence electrons. The Hall–Kier alpha value is -3.38. The fraction of sp³-hybridized carbons (Fsp3) is 0.192. The van der Waals surface area contributed by atoms with Gasteiger partial charge in [-0.15, -0.1) is 0 Å². The molecule has 3 aromatic rings. The van der Waals surface area contributed by atoms with Gasteiger partial charge in [-0.2, -0.15) is 0 Å². The lowest BCUT2D eigenvalue weighted by atomic mass is 10.1. The Kier molecular flexibility index (Phi) is 7.35. The summed E-state index contributed by atoms with van der Waals surface area (Å²) >= 11 is 1.37. The van der Waals surface area contributed by atoms with Crippen LogP contribution in [0.2, 0.25) is 0 Å². The Morgan fingerprint density at radius 1 is 0.906 bits per heavy atom. The van der Waals surface area contributed by atoms with Crippen LogP contribution in [0, 0.1) is 0 Å². The number of carbonyl (C=O) groups is 2. The molecule has 0 saturated carbocycles. The highest BCUT2D eigenvalue weighted by Gasteiger charge is 2.38. The van der Waals surface area contributed by atoms with E-state index in [9.17, 15) is 9.59 Å². The smallest absolute Gasteiger partial charge is 0.242 e. The van der Waals surface area contributed by atoms with E-state index in [1.807, 2.05) is 78.9 Å². The number of aryl methyl sites for hydroxylation is 1.